The van der Waals surface area contributed by atoms with Crippen molar-refractivity contribution < 1.29 is 14.3 Å². The predicted molar refractivity (Wildman–Crippen MR) is 108 cm³/mol. The fourth-order valence-corrected chi connectivity index (χ4v) is 2.76. The van der Waals surface area contributed by atoms with Crippen LogP contribution in [0.3, 0.4) is 0 Å². The summed E-state index contributed by atoms with van der Waals surface area (Å²) in [5, 5.41) is 3.96. The molecule has 5 heteroatoms. The SMILES string of the molecule is CCOC(=O)C(C)(C)/C=C/C(C(=O)Nc1cccc2cccnc12)C(C)C. The topological polar surface area (TPSA) is 68.3 Å². The highest BCUT2D eigenvalue weighted by Crippen LogP contribution is 2.25. The normalized spacial score (nSPS) is 13.1. The molecule has 0 aliphatic heterocycles. The van der Waals surface area contributed by atoms with Crippen molar-refractivity contribution in [3.63, 3.8) is 0 Å². The van der Waals surface area contributed by atoms with Crippen molar-refractivity contribution in [1.29, 1.82) is 0 Å². The van der Waals surface area contributed by atoms with Gasteiger partial charge in [0.15, 0.2) is 0 Å². The molecule has 1 atom stereocenters. The Morgan fingerprint density at radius 1 is 1.22 bits per heavy atom. The number of para-hydroxylation sites is 1. The highest BCUT2D eigenvalue weighted by molar-refractivity contribution is 6.01. The van der Waals surface area contributed by atoms with E-state index in [1.54, 1.807) is 39.1 Å². The third-order valence-corrected chi connectivity index (χ3v) is 4.43. The molecule has 0 saturated heterocycles. The summed E-state index contributed by atoms with van der Waals surface area (Å²) in [6.45, 7) is 9.63. The minimum absolute atomic E-state index is 0.0715. The van der Waals surface area contributed by atoms with E-state index in [1.165, 1.54) is 0 Å². The van der Waals surface area contributed by atoms with Gasteiger partial charge in [-0.25, -0.2) is 0 Å². The summed E-state index contributed by atoms with van der Waals surface area (Å²) in [6, 6.07) is 9.52. The van der Waals surface area contributed by atoms with Gasteiger partial charge >= 0.3 is 5.97 Å². The number of hydrogen-bond donors (Lipinski definition) is 1. The molecule has 2 rings (SSSR count). The standard InChI is InChI=1S/C22H28N2O3/c1-6-27-21(26)22(4,5)13-12-17(15(2)3)20(25)24-18-11-7-9-16-10-8-14-23-19(16)18/h7-15,17H,6H2,1-5H3,(H,24,25)/b13-12+. The molecule has 0 saturated carbocycles. The number of benzene rings is 1. The Labute approximate surface area is 160 Å². The largest absolute Gasteiger partial charge is 0.465 e. The van der Waals surface area contributed by atoms with Gasteiger partial charge in [-0.15, -0.1) is 0 Å². The Morgan fingerprint density at radius 2 is 1.93 bits per heavy atom. The van der Waals surface area contributed by atoms with Crippen molar-refractivity contribution >= 4 is 28.5 Å². The Bertz CT molecular complexity index is 835. The molecule has 1 heterocycles. The molecular formula is C22H28N2O3. The van der Waals surface area contributed by atoms with Crippen molar-refractivity contribution in [3.8, 4) is 0 Å². The Morgan fingerprint density at radius 3 is 2.59 bits per heavy atom. The maximum absolute atomic E-state index is 12.9. The van der Waals surface area contributed by atoms with E-state index in [0.29, 0.717) is 12.3 Å². The van der Waals surface area contributed by atoms with E-state index in [1.807, 2.05) is 44.2 Å². The summed E-state index contributed by atoms with van der Waals surface area (Å²) >= 11 is 0. The number of ether oxygens (including phenoxy) is 1. The lowest BCUT2D eigenvalue weighted by Gasteiger charge is -2.21. The zero-order valence-electron chi connectivity index (χ0n) is 16.7. The minimum atomic E-state index is -0.787. The number of esters is 1. The summed E-state index contributed by atoms with van der Waals surface area (Å²) in [7, 11) is 0. The zero-order chi connectivity index (χ0) is 20.0. The van der Waals surface area contributed by atoms with E-state index >= 15 is 0 Å². The summed E-state index contributed by atoms with van der Waals surface area (Å²) in [5.74, 6) is -0.735. The second-order valence-electron chi connectivity index (χ2n) is 7.44. The first-order valence-corrected chi connectivity index (χ1v) is 9.27. The number of nitrogens with zero attached hydrogens (tertiary/aromatic N) is 1. The second-order valence-corrected chi connectivity index (χ2v) is 7.44. The van der Waals surface area contributed by atoms with Gasteiger partial charge in [0.1, 0.15) is 0 Å². The molecule has 144 valence electrons. The first-order chi connectivity index (χ1) is 12.8. The first-order valence-electron chi connectivity index (χ1n) is 9.27. The maximum atomic E-state index is 12.9. The fourth-order valence-electron chi connectivity index (χ4n) is 2.76. The van der Waals surface area contributed by atoms with Crippen LogP contribution in [0.25, 0.3) is 10.9 Å². The number of carbonyl (C=O) groups excluding carboxylic acids is 2. The molecule has 5 nitrogen and oxygen atoms in total. The van der Waals surface area contributed by atoms with Gasteiger partial charge < -0.3 is 10.1 Å². The van der Waals surface area contributed by atoms with Crippen molar-refractivity contribution in [1.82, 2.24) is 4.98 Å². The number of anilines is 1. The molecule has 1 unspecified atom stereocenters. The third kappa shape index (κ3) is 5.16. The van der Waals surface area contributed by atoms with Crippen LogP contribution in [-0.2, 0) is 14.3 Å². The Hall–Kier alpha value is -2.69. The molecule has 1 amide bonds. The number of nitrogens with one attached hydrogen (secondary N) is 1. The molecule has 0 aliphatic rings. The van der Waals surface area contributed by atoms with Gasteiger partial charge in [-0.3, -0.25) is 14.6 Å². The molecule has 1 aromatic carbocycles. The smallest absolute Gasteiger partial charge is 0.315 e. The van der Waals surface area contributed by atoms with Crippen LogP contribution >= 0.6 is 0 Å². The van der Waals surface area contributed by atoms with E-state index in [9.17, 15) is 9.59 Å². The number of aromatic nitrogens is 1. The fraction of sp³-hybridized carbons (Fsp3) is 0.409. The van der Waals surface area contributed by atoms with Crippen LogP contribution in [0, 0.1) is 17.3 Å². The molecule has 0 radical (unpaired) electrons. The molecule has 27 heavy (non-hydrogen) atoms. The lowest BCUT2D eigenvalue weighted by atomic mass is 9.87. The molecule has 2 aromatic rings. The van der Waals surface area contributed by atoms with Gasteiger partial charge in [-0.1, -0.05) is 44.2 Å². The molecule has 0 fully saturated rings. The van der Waals surface area contributed by atoms with Crippen LogP contribution in [0.15, 0.2) is 48.7 Å². The second kappa shape index (κ2) is 8.80. The lowest BCUT2D eigenvalue weighted by Crippen LogP contribution is -2.28. The van der Waals surface area contributed by atoms with Gasteiger partial charge in [0, 0.05) is 11.6 Å². The van der Waals surface area contributed by atoms with E-state index in [2.05, 4.69) is 10.3 Å². The first kappa shape index (κ1) is 20.6. The van der Waals surface area contributed by atoms with Gasteiger partial charge in [-0.05, 0) is 38.8 Å². The average Bonchev–Trinajstić information content (AvgIpc) is 2.62. The highest BCUT2D eigenvalue weighted by atomic mass is 16.5. The summed E-state index contributed by atoms with van der Waals surface area (Å²) in [4.78, 5) is 29.3. The van der Waals surface area contributed by atoms with Crippen molar-refractivity contribution in [2.45, 2.75) is 34.6 Å². The number of hydrogen-bond acceptors (Lipinski definition) is 4. The number of amides is 1. The average molecular weight is 368 g/mol. The van der Waals surface area contributed by atoms with Gasteiger partial charge in [0.2, 0.25) is 5.91 Å². The van der Waals surface area contributed by atoms with Crippen LogP contribution in [-0.4, -0.2) is 23.5 Å². The molecule has 0 aliphatic carbocycles. The quantitative estimate of drug-likeness (QED) is 0.573. The number of carbonyl (C=O) groups is 2. The lowest BCUT2D eigenvalue weighted by molar-refractivity contribution is -0.150. The zero-order valence-corrected chi connectivity index (χ0v) is 16.7. The van der Waals surface area contributed by atoms with Crippen LogP contribution in [0.2, 0.25) is 0 Å². The van der Waals surface area contributed by atoms with Gasteiger partial charge in [-0.2, -0.15) is 0 Å². The van der Waals surface area contributed by atoms with Crippen LogP contribution < -0.4 is 5.32 Å². The van der Waals surface area contributed by atoms with Crippen molar-refractivity contribution in [2.75, 3.05) is 11.9 Å². The monoisotopic (exact) mass is 368 g/mol. The maximum Gasteiger partial charge on any atom is 0.315 e. The van der Waals surface area contributed by atoms with E-state index in [-0.39, 0.29) is 23.7 Å². The molecule has 0 bridgehead atoms. The number of rotatable bonds is 7. The molecule has 1 aromatic heterocycles. The number of pyridine rings is 1. The Kier molecular flexibility index (Phi) is 6.72. The van der Waals surface area contributed by atoms with Crippen LogP contribution in [0.5, 0.6) is 0 Å². The number of fused-ring (bicyclic) bond motifs is 1. The van der Waals surface area contributed by atoms with Crippen LogP contribution in [0.1, 0.15) is 34.6 Å². The van der Waals surface area contributed by atoms with E-state index in [0.717, 1.165) is 10.9 Å². The molecular weight excluding hydrogens is 340 g/mol. The Balaban J connectivity index is 2.22. The van der Waals surface area contributed by atoms with E-state index in [4.69, 9.17) is 4.74 Å². The van der Waals surface area contributed by atoms with Gasteiger partial charge in [0.25, 0.3) is 0 Å². The summed E-state index contributed by atoms with van der Waals surface area (Å²) in [5.41, 5.74) is 0.651. The molecule has 1 N–H and O–H groups in total. The summed E-state index contributed by atoms with van der Waals surface area (Å²) < 4.78 is 5.10. The van der Waals surface area contributed by atoms with Crippen molar-refractivity contribution in [3.05, 3.63) is 48.7 Å². The minimum Gasteiger partial charge on any atom is -0.465 e. The van der Waals surface area contributed by atoms with Crippen LogP contribution in [0.4, 0.5) is 5.69 Å². The predicted octanol–water partition coefficient (Wildman–Crippen LogP) is 4.59. The van der Waals surface area contributed by atoms with E-state index < -0.39 is 5.41 Å². The van der Waals surface area contributed by atoms with Crippen molar-refractivity contribution in [2.24, 2.45) is 17.3 Å². The third-order valence-electron chi connectivity index (χ3n) is 4.43. The van der Waals surface area contributed by atoms with Gasteiger partial charge in [0.05, 0.1) is 29.1 Å². The highest BCUT2D eigenvalue weighted by Gasteiger charge is 2.28. The molecule has 0 spiro atoms. The summed E-state index contributed by atoms with van der Waals surface area (Å²) in [6.07, 6.45) is 5.27.